The first-order chi connectivity index (χ1) is 2.50. The van der Waals surface area contributed by atoms with Crippen LogP contribution >= 0.6 is 0 Å². The van der Waals surface area contributed by atoms with E-state index in [0.717, 1.165) is 0 Å². The molecule has 2 N–H and O–H groups in total. The molecule has 1 aromatic rings. The summed E-state index contributed by atoms with van der Waals surface area (Å²) >= 11 is 0. The van der Waals surface area contributed by atoms with Gasteiger partial charge in [0.2, 0.25) is 5.21 Å². The van der Waals surface area contributed by atoms with Crippen molar-refractivity contribution >= 4 is 0 Å². The molecule has 1 heterocycles. The van der Waals surface area contributed by atoms with Crippen LogP contribution in [0.25, 0.3) is 0 Å². The van der Waals surface area contributed by atoms with E-state index in [1.165, 1.54) is 0 Å². The summed E-state index contributed by atoms with van der Waals surface area (Å²) in [5.41, 5.74) is 0. The number of nitrogens with zero attached hydrogens (tertiary/aromatic N) is 3. The molecule has 0 radical (unpaired) electrons. The van der Waals surface area contributed by atoms with Gasteiger partial charge in [0.05, 0.1) is 0 Å². The predicted molar refractivity (Wildman–Crippen MR) is 8.46 cm³/mol. The van der Waals surface area contributed by atoms with Gasteiger partial charge < -0.3 is 0 Å². The average molecular weight is 118 g/mol. The second-order valence-electron chi connectivity index (χ2n) is 0.512. The number of hydrogen-bond acceptors (Lipinski definition) is 2. The van der Waals surface area contributed by atoms with E-state index in [2.05, 4.69) is 26.1 Å². The molecule has 1 aromatic heterocycles. The molecule has 0 saturated heterocycles. The van der Waals surface area contributed by atoms with Crippen molar-refractivity contribution in [1.82, 2.24) is 15.6 Å². The van der Waals surface area contributed by atoms with Gasteiger partial charge in [-0.3, -0.25) is 0 Å². The van der Waals surface area contributed by atoms with Crippen molar-refractivity contribution in [2.24, 2.45) is 0 Å². The summed E-state index contributed by atoms with van der Waals surface area (Å²) in [6.07, 6.45) is 0. The van der Waals surface area contributed by atoms with Gasteiger partial charge in [-0.05, 0) is 0 Å². The van der Waals surface area contributed by atoms with Gasteiger partial charge in [-0.1, -0.05) is 0 Å². The van der Waals surface area contributed by atoms with Gasteiger partial charge in [0, 0.05) is 5.21 Å². The molecule has 5 nitrogen and oxygen atoms in total. The molecular weight excluding hydrogens is 116 g/mol. The van der Waals surface area contributed by atoms with Crippen LogP contribution in [-0.2, 0) is 0 Å². The molecule has 7 heavy (non-hydrogen) atoms. The Morgan fingerprint density at radius 1 is 1.29 bits per heavy atom. The van der Waals surface area contributed by atoms with Gasteiger partial charge >= 0.3 is 64.3 Å². The fraction of sp³-hybridized carbons (Fsp3) is 0. The summed E-state index contributed by atoms with van der Waals surface area (Å²) in [5, 5.41) is 14.0. The Bertz CT molecular complexity index is 62.6. The Labute approximate surface area is 84.2 Å². The number of aromatic amines is 2. The van der Waals surface area contributed by atoms with Crippen LogP contribution in [0.3, 0.4) is 0 Å². The van der Waals surface area contributed by atoms with Gasteiger partial charge in [-0.15, -0.1) is 0 Å². The zero-order valence-electron chi connectivity index (χ0n) is 4.34. The van der Waals surface area contributed by atoms with E-state index in [4.69, 9.17) is 0 Å². The summed E-state index contributed by atoms with van der Waals surface area (Å²) < 4.78 is 0. The van der Waals surface area contributed by atoms with Crippen LogP contribution in [0.2, 0.25) is 0 Å². The molecule has 1 rings (SSSR count). The van der Waals surface area contributed by atoms with Crippen LogP contribution in [0.4, 0.5) is 0 Å². The van der Waals surface area contributed by atoms with Crippen LogP contribution in [0.1, 0.15) is 0 Å². The first-order valence-electron chi connectivity index (χ1n) is 1.09. The van der Waals surface area contributed by atoms with E-state index in [0.29, 0.717) is 0 Å². The standard InChI is InChI=1S/HN5.2Na/c1-2-4-5-3-1;;/h(H-,1,2,3,4,5);;/q;2*+1/p+1. The molecule has 0 amide bonds. The summed E-state index contributed by atoms with van der Waals surface area (Å²) in [4.78, 5) is 0. The average Bonchev–Trinajstić information content (AvgIpc) is 1.76. The third-order valence-electron chi connectivity index (χ3n) is 0.239. The summed E-state index contributed by atoms with van der Waals surface area (Å²) in [7, 11) is 0. The smallest absolute Gasteiger partial charge is 0.0436 e. The predicted octanol–water partition coefficient (Wildman–Crippen LogP) is -8.93. The minimum atomic E-state index is 0. The van der Waals surface area contributed by atoms with Crippen molar-refractivity contribution in [3.8, 4) is 0 Å². The molecule has 0 unspecified atom stereocenters. The Balaban J connectivity index is 0. The minimum Gasteiger partial charge on any atom is 0.0436 e. The maximum absolute atomic E-state index is 3.25. The Hall–Kier alpha value is 1.00. The van der Waals surface area contributed by atoms with Gasteiger partial charge in [0.25, 0.3) is 5.21 Å². The summed E-state index contributed by atoms with van der Waals surface area (Å²) in [6.45, 7) is 0. The van der Waals surface area contributed by atoms with E-state index >= 15 is 0 Å². The normalized spacial score (nSPS) is 5.71. The van der Waals surface area contributed by atoms with Crippen molar-refractivity contribution in [1.29, 1.82) is 0 Å². The first-order valence-corrected chi connectivity index (χ1v) is 1.09. The first kappa shape index (κ1) is 10.9. The summed E-state index contributed by atoms with van der Waals surface area (Å²) in [5.74, 6) is 0. The molecule has 0 fully saturated rings. The van der Waals surface area contributed by atoms with Crippen LogP contribution < -0.4 is 74.8 Å². The van der Waals surface area contributed by atoms with Crippen molar-refractivity contribution in [3.63, 3.8) is 0 Å². The second kappa shape index (κ2) is 7.00. The number of rotatable bonds is 0. The van der Waals surface area contributed by atoms with Crippen molar-refractivity contribution in [3.05, 3.63) is 0 Å². The zero-order valence-corrected chi connectivity index (χ0v) is 8.34. The van der Waals surface area contributed by atoms with Gasteiger partial charge in [-0.25, -0.2) is 0 Å². The Kier molecular flexibility index (Phi) is 10.9. The molecule has 0 aliphatic carbocycles. The monoisotopic (exact) mass is 118 g/mol. The molecule has 7 heteroatoms. The van der Waals surface area contributed by atoms with Crippen LogP contribution in [0.15, 0.2) is 0 Å². The van der Waals surface area contributed by atoms with Crippen LogP contribution in [0, 0.1) is 0 Å². The number of aromatic nitrogens is 5. The van der Waals surface area contributed by atoms with E-state index in [9.17, 15) is 0 Å². The number of hydrogen-bond donors (Lipinski definition) is 0. The van der Waals surface area contributed by atoms with E-state index in [1.54, 1.807) is 0 Å². The zero-order chi connectivity index (χ0) is 3.54. The minimum absolute atomic E-state index is 0. The topological polar surface area (TPSA) is 68.2 Å². The van der Waals surface area contributed by atoms with Crippen LogP contribution in [-0.4, -0.2) is 10.4 Å². The quantitative estimate of drug-likeness (QED) is 0.318. The molecule has 0 aliphatic rings. The second-order valence-corrected chi connectivity index (χ2v) is 0.512. The molecule has 0 aliphatic heterocycles. The van der Waals surface area contributed by atoms with Gasteiger partial charge in [0.15, 0.2) is 0 Å². The molecule has 0 aromatic carbocycles. The molecule has 0 atom stereocenters. The fourth-order valence-corrected chi connectivity index (χ4v) is 0.112. The van der Waals surface area contributed by atoms with E-state index < -0.39 is 0 Å². The third kappa shape index (κ3) is 4.86. The van der Waals surface area contributed by atoms with Crippen molar-refractivity contribution in [2.45, 2.75) is 0 Å². The van der Waals surface area contributed by atoms with E-state index in [1.807, 2.05) is 0 Å². The third-order valence-corrected chi connectivity index (χ3v) is 0.239. The van der Waals surface area contributed by atoms with E-state index in [-0.39, 0.29) is 59.1 Å². The van der Waals surface area contributed by atoms with Crippen LogP contribution in [0.5, 0.6) is 0 Å². The largest absolute Gasteiger partial charge is 1.00 e. The maximum Gasteiger partial charge on any atom is 1.00 e. The number of nitrogens with one attached hydrogen (secondary N) is 2. The molecule has 0 bridgehead atoms. The van der Waals surface area contributed by atoms with Crippen molar-refractivity contribution in [2.75, 3.05) is 0 Å². The number of H-pyrrole nitrogens is 2. The maximum atomic E-state index is 3.25. The SMILES string of the molecule is [Na+].[Na+].n1[n-][nH+]n[nH+]1. The Morgan fingerprint density at radius 2 is 2.00 bits per heavy atom. The summed E-state index contributed by atoms with van der Waals surface area (Å²) in [6, 6.07) is 0. The van der Waals surface area contributed by atoms with Crippen molar-refractivity contribution < 1.29 is 69.5 Å². The van der Waals surface area contributed by atoms with Gasteiger partial charge in [0.1, 0.15) is 5.21 Å². The fourth-order valence-electron chi connectivity index (χ4n) is 0.112. The van der Waals surface area contributed by atoms with Gasteiger partial charge in [-0.2, -0.15) is 0 Å². The molecule has 0 saturated carbocycles. The molecule has 26 valence electrons. The molecule has 0 spiro atoms. The molecular formula is H2N5Na2+3. The Morgan fingerprint density at radius 3 is 2.14 bits per heavy atom.